The van der Waals surface area contributed by atoms with Gasteiger partial charge in [-0.05, 0) is 108 Å². The number of aryl methyl sites for hydroxylation is 1. The molecule has 0 spiro atoms. The molecule has 0 saturated heterocycles. The standard InChI is InChI=1S/C43H49N2O4S2/c1-7-44-36-16-32(24-46)34(26-48)18-38(36)50-40(44)14-30-12-28(20-42(3,4)22-30)10-9-11-29-13-31(23-43(5,6)21-29)15-41-45(8-2)37-17-33(25-47)35(27-49)19-39(37)51-41/h9-19,24,26,47,49H,7-8,20-23,25,27H2,1-6H3/q+1. The topological polar surface area (TPSA) is 81.7 Å². The van der Waals surface area contributed by atoms with E-state index in [0.29, 0.717) is 11.1 Å². The lowest BCUT2D eigenvalue weighted by Crippen LogP contribution is -2.33. The normalized spacial score (nSPS) is 20.8. The minimum Gasteiger partial charge on any atom is -0.392 e. The van der Waals surface area contributed by atoms with Crippen molar-refractivity contribution in [3.05, 3.63) is 115 Å². The van der Waals surface area contributed by atoms with Gasteiger partial charge >= 0.3 is 0 Å². The molecule has 0 radical (unpaired) electrons. The summed E-state index contributed by atoms with van der Waals surface area (Å²) in [5.41, 5.74) is 9.93. The van der Waals surface area contributed by atoms with E-state index in [-0.39, 0.29) is 24.0 Å². The van der Waals surface area contributed by atoms with Crippen molar-refractivity contribution in [2.24, 2.45) is 10.8 Å². The fraction of sp³-hybridized carbons (Fsp3) is 0.372. The number of carbonyl (C=O) groups is 2. The maximum Gasteiger partial charge on any atom is 0.263 e. The molecule has 0 saturated carbocycles. The van der Waals surface area contributed by atoms with E-state index in [1.54, 1.807) is 23.1 Å². The van der Waals surface area contributed by atoms with E-state index in [9.17, 15) is 19.8 Å². The number of carbonyl (C=O) groups excluding carboxylic acids is 2. The third kappa shape index (κ3) is 8.00. The summed E-state index contributed by atoms with van der Waals surface area (Å²) in [6.45, 7) is 15.0. The molecule has 0 bridgehead atoms. The highest BCUT2D eigenvalue weighted by atomic mass is 32.2. The van der Waals surface area contributed by atoms with Gasteiger partial charge in [-0.3, -0.25) is 9.59 Å². The quantitative estimate of drug-likeness (QED) is 0.160. The maximum absolute atomic E-state index is 11.6. The number of nitrogens with zero attached hydrogens (tertiary/aromatic N) is 2. The summed E-state index contributed by atoms with van der Waals surface area (Å²) in [4.78, 5) is 26.5. The molecular formula is C43H49N2O4S2+. The molecule has 3 aliphatic rings. The van der Waals surface area contributed by atoms with Crippen LogP contribution in [0.1, 0.15) is 104 Å². The van der Waals surface area contributed by atoms with Gasteiger partial charge in [0.15, 0.2) is 12.6 Å². The molecule has 6 rings (SSSR count). The molecule has 266 valence electrons. The van der Waals surface area contributed by atoms with Crippen molar-refractivity contribution < 1.29 is 24.4 Å². The molecule has 0 unspecified atom stereocenters. The highest BCUT2D eigenvalue weighted by Gasteiger charge is 2.30. The van der Waals surface area contributed by atoms with Crippen molar-refractivity contribution in [2.45, 2.75) is 91.9 Å². The number of hydrogen-bond donors (Lipinski definition) is 2. The molecule has 1 aliphatic heterocycles. The third-order valence-electron chi connectivity index (χ3n) is 9.93. The van der Waals surface area contributed by atoms with Gasteiger partial charge in [-0.25, -0.2) is 0 Å². The Balaban J connectivity index is 1.28. The molecule has 3 aromatic rings. The van der Waals surface area contributed by atoms with Crippen LogP contribution < -0.4 is 9.47 Å². The zero-order valence-corrected chi connectivity index (χ0v) is 32.2. The molecular weight excluding hydrogens is 673 g/mol. The van der Waals surface area contributed by atoms with Gasteiger partial charge in [0.2, 0.25) is 5.52 Å². The molecule has 0 atom stereocenters. The van der Waals surface area contributed by atoms with Crippen molar-refractivity contribution >= 4 is 57.7 Å². The van der Waals surface area contributed by atoms with Crippen LogP contribution in [0.15, 0.2) is 92.9 Å². The van der Waals surface area contributed by atoms with E-state index >= 15 is 0 Å². The van der Waals surface area contributed by atoms with Gasteiger partial charge < -0.3 is 15.1 Å². The van der Waals surface area contributed by atoms with Crippen LogP contribution in [-0.4, -0.2) is 29.3 Å². The molecule has 2 heterocycles. The van der Waals surface area contributed by atoms with Gasteiger partial charge in [0.25, 0.3) is 5.01 Å². The zero-order chi connectivity index (χ0) is 36.5. The number of rotatable bonds is 10. The highest BCUT2D eigenvalue weighted by Crippen LogP contribution is 2.48. The molecule has 2 aliphatic carbocycles. The monoisotopic (exact) mass is 721 g/mol. The number of aliphatic hydroxyl groups is 2. The van der Waals surface area contributed by atoms with Crippen molar-refractivity contribution in [1.82, 2.24) is 0 Å². The number of thioether (sulfide) groups is 1. The van der Waals surface area contributed by atoms with Crippen LogP contribution in [0, 0.1) is 10.8 Å². The van der Waals surface area contributed by atoms with E-state index in [1.807, 2.05) is 24.3 Å². The van der Waals surface area contributed by atoms with Crippen LogP contribution in [0.25, 0.3) is 16.3 Å². The van der Waals surface area contributed by atoms with Crippen molar-refractivity contribution in [3.8, 4) is 0 Å². The van der Waals surface area contributed by atoms with Gasteiger partial charge in [0.1, 0.15) is 11.2 Å². The molecule has 51 heavy (non-hydrogen) atoms. The van der Waals surface area contributed by atoms with Crippen LogP contribution >= 0.6 is 23.1 Å². The average molecular weight is 722 g/mol. The van der Waals surface area contributed by atoms with Gasteiger partial charge in [-0.2, -0.15) is 4.57 Å². The number of hydrogen-bond acceptors (Lipinski definition) is 7. The predicted molar refractivity (Wildman–Crippen MR) is 211 cm³/mol. The Kier molecular flexibility index (Phi) is 10.9. The van der Waals surface area contributed by atoms with Crippen molar-refractivity contribution in [3.63, 3.8) is 0 Å². The largest absolute Gasteiger partial charge is 0.392 e. The molecule has 2 aromatic carbocycles. The first-order valence-electron chi connectivity index (χ1n) is 17.8. The lowest BCUT2D eigenvalue weighted by atomic mass is 9.74. The predicted octanol–water partition coefficient (Wildman–Crippen LogP) is 9.65. The Bertz CT molecular complexity index is 2070. The summed E-state index contributed by atoms with van der Waals surface area (Å²) in [6.07, 6.45) is 21.5. The number of allylic oxidation sites excluding steroid dienone is 10. The first kappa shape index (κ1) is 37.0. The highest BCUT2D eigenvalue weighted by molar-refractivity contribution is 8.03. The summed E-state index contributed by atoms with van der Waals surface area (Å²) < 4.78 is 3.42. The second kappa shape index (κ2) is 15.0. The second-order valence-corrected chi connectivity index (χ2v) is 17.5. The fourth-order valence-corrected chi connectivity index (χ4v) is 10.3. The van der Waals surface area contributed by atoms with Crippen molar-refractivity contribution in [1.29, 1.82) is 0 Å². The Morgan fingerprint density at radius 3 is 2.14 bits per heavy atom. The Hall–Kier alpha value is -3.82. The van der Waals surface area contributed by atoms with Crippen LogP contribution in [0.2, 0.25) is 0 Å². The molecule has 0 fully saturated rings. The number of aromatic nitrogens is 1. The first-order valence-corrected chi connectivity index (χ1v) is 19.5. The third-order valence-corrected chi connectivity index (χ3v) is 12.1. The molecule has 6 nitrogen and oxygen atoms in total. The van der Waals surface area contributed by atoms with Crippen LogP contribution in [0.4, 0.5) is 5.69 Å². The number of aldehydes is 2. The van der Waals surface area contributed by atoms with Gasteiger partial charge in [-0.15, -0.1) is 0 Å². The minimum atomic E-state index is -0.0868. The summed E-state index contributed by atoms with van der Waals surface area (Å²) >= 11 is 3.40. The fourth-order valence-electron chi connectivity index (χ4n) is 7.81. The van der Waals surface area contributed by atoms with E-state index in [1.165, 1.54) is 27.3 Å². The van der Waals surface area contributed by atoms with Gasteiger partial charge in [-0.1, -0.05) is 81.2 Å². The van der Waals surface area contributed by atoms with Crippen molar-refractivity contribution in [2.75, 3.05) is 11.4 Å². The minimum absolute atomic E-state index is 0.0824. The van der Waals surface area contributed by atoms with Gasteiger partial charge in [0, 0.05) is 34.7 Å². The van der Waals surface area contributed by atoms with Crippen LogP contribution in [0.5, 0.6) is 0 Å². The SMILES string of the molecule is CCN1C(=CC2=CC(=CC=CC3=CC(=Cc4sc5cc(CO)c(CO)cc5[n+]4CC)CC(C)(C)C3)CC(C)(C)C2)Sc2cc(C=O)c(C=O)cc21. The van der Waals surface area contributed by atoms with Crippen LogP contribution in [-0.2, 0) is 19.8 Å². The van der Waals surface area contributed by atoms with E-state index in [2.05, 4.69) is 93.5 Å². The summed E-state index contributed by atoms with van der Waals surface area (Å²) in [6, 6.07) is 7.72. The smallest absolute Gasteiger partial charge is 0.263 e. The number of benzene rings is 2. The Labute approximate surface area is 310 Å². The lowest BCUT2D eigenvalue weighted by molar-refractivity contribution is -0.665. The molecule has 8 heteroatoms. The summed E-state index contributed by atoms with van der Waals surface area (Å²) in [5, 5.41) is 22.0. The molecule has 0 amide bonds. The summed E-state index contributed by atoms with van der Waals surface area (Å²) in [5.74, 6) is 0. The molecule has 1 aromatic heterocycles. The van der Waals surface area contributed by atoms with Crippen LogP contribution in [0.3, 0.4) is 0 Å². The van der Waals surface area contributed by atoms with E-state index in [4.69, 9.17) is 0 Å². The van der Waals surface area contributed by atoms with E-state index in [0.717, 1.165) is 88.3 Å². The lowest BCUT2D eigenvalue weighted by Gasteiger charge is -2.31. The Morgan fingerprint density at radius 2 is 1.47 bits per heavy atom. The summed E-state index contributed by atoms with van der Waals surface area (Å²) in [7, 11) is 0. The maximum atomic E-state index is 11.6. The molecule has 2 N–H and O–H groups in total. The number of fused-ring (bicyclic) bond motifs is 2. The average Bonchev–Trinajstić information content (AvgIpc) is 3.60. The number of thiazole rings is 1. The Morgan fingerprint density at radius 1 is 0.824 bits per heavy atom. The van der Waals surface area contributed by atoms with E-state index < -0.39 is 0 Å². The van der Waals surface area contributed by atoms with Gasteiger partial charge in [0.05, 0.1) is 23.9 Å². The number of anilines is 1. The number of aliphatic hydroxyl groups excluding tert-OH is 2. The zero-order valence-electron chi connectivity index (χ0n) is 30.6. The second-order valence-electron chi connectivity index (χ2n) is 15.4. The first-order chi connectivity index (χ1) is 24.4.